The summed E-state index contributed by atoms with van der Waals surface area (Å²) in [6, 6.07) is 17.1. The first-order chi connectivity index (χ1) is 13.5. The summed E-state index contributed by atoms with van der Waals surface area (Å²) in [5.41, 5.74) is 1.46. The van der Waals surface area contributed by atoms with E-state index in [4.69, 9.17) is 0 Å². The van der Waals surface area contributed by atoms with Crippen LogP contribution in [0.15, 0.2) is 54.6 Å². The smallest absolute Gasteiger partial charge is 0.317 e. The normalized spacial score (nSPS) is 15.9. The van der Waals surface area contributed by atoms with E-state index in [0.717, 1.165) is 32.6 Å². The van der Waals surface area contributed by atoms with Gasteiger partial charge in [-0.2, -0.15) is 0 Å². The first kappa shape index (κ1) is 20.3. The van der Waals surface area contributed by atoms with Crippen molar-refractivity contribution in [1.29, 1.82) is 0 Å². The van der Waals surface area contributed by atoms with Crippen molar-refractivity contribution in [2.45, 2.75) is 32.2 Å². The molecule has 4 nitrogen and oxygen atoms in total. The van der Waals surface area contributed by atoms with Crippen LogP contribution in [0.1, 0.15) is 31.4 Å². The average Bonchev–Trinajstić information content (AvgIpc) is 2.93. The number of halogens is 1. The van der Waals surface area contributed by atoms with Gasteiger partial charge in [0.05, 0.1) is 0 Å². The fourth-order valence-corrected chi connectivity index (χ4v) is 3.69. The molecule has 1 aliphatic heterocycles. The van der Waals surface area contributed by atoms with Gasteiger partial charge in [-0.15, -0.1) is 0 Å². The highest BCUT2D eigenvalue weighted by Gasteiger charge is 2.26. The van der Waals surface area contributed by atoms with Gasteiger partial charge in [0.1, 0.15) is 5.82 Å². The van der Waals surface area contributed by atoms with E-state index in [-0.39, 0.29) is 11.8 Å². The van der Waals surface area contributed by atoms with Crippen molar-refractivity contribution in [2.75, 3.05) is 32.7 Å². The van der Waals surface area contributed by atoms with Crippen molar-refractivity contribution in [2.24, 2.45) is 0 Å². The standard InChI is InChI=1S/C23H30FN3O/c1-23(2,20-11-6-7-12-21(20)24)18-25-22(28)27-14-8-13-26(15-16-27)17-19-9-4-3-5-10-19/h3-7,9-12H,8,13-18H2,1-2H3,(H,25,28). The lowest BCUT2D eigenvalue weighted by Crippen LogP contribution is -2.46. The van der Waals surface area contributed by atoms with Gasteiger partial charge in [0.15, 0.2) is 0 Å². The number of urea groups is 1. The molecule has 2 aromatic carbocycles. The van der Waals surface area contributed by atoms with Crippen molar-refractivity contribution < 1.29 is 9.18 Å². The second-order valence-electron chi connectivity index (χ2n) is 8.12. The first-order valence-corrected chi connectivity index (χ1v) is 10.00. The van der Waals surface area contributed by atoms with E-state index < -0.39 is 5.41 Å². The SMILES string of the molecule is CC(C)(CNC(=O)N1CCCN(Cc2ccccc2)CC1)c1ccccc1F. The summed E-state index contributed by atoms with van der Waals surface area (Å²) in [5.74, 6) is -0.229. The number of rotatable bonds is 5. The van der Waals surface area contributed by atoms with Gasteiger partial charge in [-0.1, -0.05) is 62.4 Å². The molecular weight excluding hydrogens is 353 g/mol. The second-order valence-corrected chi connectivity index (χ2v) is 8.12. The summed E-state index contributed by atoms with van der Waals surface area (Å²) in [4.78, 5) is 17.0. The van der Waals surface area contributed by atoms with Crippen LogP contribution >= 0.6 is 0 Å². The Bertz CT molecular complexity index is 778. The molecule has 1 fully saturated rings. The van der Waals surface area contributed by atoms with Gasteiger partial charge in [-0.3, -0.25) is 4.90 Å². The maximum atomic E-state index is 14.1. The van der Waals surface area contributed by atoms with Crippen LogP contribution in [0, 0.1) is 5.82 Å². The van der Waals surface area contributed by atoms with E-state index in [1.54, 1.807) is 12.1 Å². The molecule has 1 saturated heterocycles. The van der Waals surface area contributed by atoms with Crippen LogP contribution in [-0.4, -0.2) is 48.6 Å². The Morgan fingerprint density at radius 3 is 2.46 bits per heavy atom. The van der Waals surface area contributed by atoms with Crippen molar-refractivity contribution in [3.63, 3.8) is 0 Å². The van der Waals surface area contributed by atoms with Gasteiger partial charge in [0.2, 0.25) is 0 Å². The molecule has 0 unspecified atom stereocenters. The third-order valence-electron chi connectivity index (χ3n) is 5.41. The topological polar surface area (TPSA) is 35.6 Å². The van der Waals surface area contributed by atoms with E-state index in [1.807, 2.05) is 30.9 Å². The molecule has 0 bridgehead atoms. The Hall–Kier alpha value is -2.40. The molecule has 1 heterocycles. The molecule has 1 aliphatic rings. The van der Waals surface area contributed by atoms with Crippen LogP contribution in [0.4, 0.5) is 9.18 Å². The minimum Gasteiger partial charge on any atom is -0.337 e. The quantitative estimate of drug-likeness (QED) is 0.846. The second kappa shape index (κ2) is 9.20. The highest BCUT2D eigenvalue weighted by atomic mass is 19.1. The molecule has 0 aliphatic carbocycles. The Morgan fingerprint density at radius 1 is 1.00 bits per heavy atom. The fraction of sp³-hybridized carbons (Fsp3) is 0.435. The lowest BCUT2D eigenvalue weighted by atomic mass is 9.84. The minimum atomic E-state index is -0.466. The van der Waals surface area contributed by atoms with Crippen molar-refractivity contribution in [3.8, 4) is 0 Å². The number of nitrogens with zero attached hydrogens (tertiary/aromatic N) is 2. The van der Waals surface area contributed by atoms with Crippen LogP contribution in [0.5, 0.6) is 0 Å². The molecule has 0 saturated carbocycles. The predicted octanol–water partition coefficient (Wildman–Crippen LogP) is 4.02. The molecule has 2 aromatic rings. The molecule has 3 rings (SSSR count). The van der Waals surface area contributed by atoms with Crippen molar-refractivity contribution >= 4 is 6.03 Å². The maximum Gasteiger partial charge on any atom is 0.317 e. The number of carbonyl (C=O) groups excluding carboxylic acids is 1. The van der Waals surface area contributed by atoms with Crippen LogP contribution in [0.2, 0.25) is 0 Å². The van der Waals surface area contributed by atoms with Crippen LogP contribution in [-0.2, 0) is 12.0 Å². The third-order valence-corrected chi connectivity index (χ3v) is 5.41. The predicted molar refractivity (Wildman–Crippen MR) is 111 cm³/mol. The monoisotopic (exact) mass is 383 g/mol. The highest BCUT2D eigenvalue weighted by molar-refractivity contribution is 5.74. The number of benzene rings is 2. The Morgan fingerprint density at radius 2 is 1.71 bits per heavy atom. The molecule has 0 atom stereocenters. The van der Waals surface area contributed by atoms with Crippen molar-refractivity contribution in [1.82, 2.24) is 15.1 Å². The molecule has 0 radical (unpaired) electrons. The van der Waals surface area contributed by atoms with E-state index in [2.05, 4.69) is 34.5 Å². The highest BCUT2D eigenvalue weighted by Crippen LogP contribution is 2.24. The van der Waals surface area contributed by atoms with Gasteiger partial charge in [-0.05, 0) is 23.6 Å². The summed E-state index contributed by atoms with van der Waals surface area (Å²) in [6.07, 6.45) is 0.955. The first-order valence-electron chi connectivity index (χ1n) is 10.00. The molecule has 5 heteroatoms. The number of nitrogens with one attached hydrogen (secondary N) is 1. The van der Waals surface area contributed by atoms with E-state index >= 15 is 0 Å². The van der Waals surface area contributed by atoms with Crippen LogP contribution in [0.25, 0.3) is 0 Å². The van der Waals surface area contributed by atoms with Gasteiger partial charge >= 0.3 is 6.03 Å². The lowest BCUT2D eigenvalue weighted by molar-refractivity contribution is 0.195. The molecular formula is C23H30FN3O. The van der Waals surface area contributed by atoms with Gasteiger partial charge < -0.3 is 10.2 Å². The molecule has 0 spiro atoms. The maximum absolute atomic E-state index is 14.1. The summed E-state index contributed by atoms with van der Waals surface area (Å²) in [7, 11) is 0. The molecule has 28 heavy (non-hydrogen) atoms. The van der Waals surface area contributed by atoms with Crippen LogP contribution < -0.4 is 5.32 Å². The number of carbonyl (C=O) groups is 1. The summed E-state index contributed by atoms with van der Waals surface area (Å²) < 4.78 is 14.1. The Labute approximate surface area is 167 Å². The van der Waals surface area contributed by atoms with Gasteiger partial charge in [0.25, 0.3) is 0 Å². The molecule has 1 N–H and O–H groups in total. The summed E-state index contributed by atoms with van der Waals surface area (Å²) in [6.45, 7) is 8.52. The average molecular weight is 384 g/mol. The van der Waals surface area contributed by atoms with Gasteiger partial charge in [0, 0.05) is 44.7 Å². The zero-order chi connectivity index (χ0) is 20.0. The van der Waals surface area contributed by atoms with Crippen LogP contribution in [0.3, 0.4) is 0 Å². The third kappa shape index (κ3) is 5.32. The summed E-state index contributed by atoms with van der Waals surface area (Å²) >= 11 is 0. The molecule has 0 aromatic heterocycles. The van der Waals surface area contributed by atoms with E-state index in [9.17, 15) is 9.18 Å². The van der Waals surface area contributed by atoms with E-state index in [0.29, 0.717) is 18.7 Å². The lowest BCUT2D eigenvalue weighted by Gasteiger charge is -2.28. The molecule has 2 amide bonds. The summed E-state index contributed by atoms with van der Waals surface area (Å²) in [5, 5.41) is 3.01. The van der Waals surface area contributed by atoms with E-state index in [1.165, 1.54) is 11.6 Å². The number of hydrogen-bond donors (Lipinski definition) is 1. The Kier molecular flexibility index (Phi) is 6.68. The Balaban J connectivity index is 1.51. The fourth-order valence-electron chi connectivity index (χ4n) is 3.69. The number of hydrogen-bond acceptors (Lipinski definition) is 2. The molecule has 150 valence electrons. The zero-order valence-electron chi connectivity index (χ0n) is 16.8. The van der Waals surface area contributed by atoms with Crippen molar-refractivity contribution in [3.05, 3.63) is 71.5 Å². The van der Waals surface area contributed by atoms with Gasteiger partial charge in [-0.25, -0.2) is 9.18 Å². The number of amides is 2. The largest absolute Gasteiger partial charge is 0.337 e. The zero-order valence-corrected chi connectivity index (χ0v) is 16.8. The minimum absolute atomic E-state index is 0.0639.